The summed E-state index contributed by atoms with van der Waals surface area (Å²) in [5.74, 6) is 0.701. The number of fused-ring (bicyclic) bond motifs is 1. The van der Waals surface area contributed by atoms with Gasteiger partial charge in [0.15, 0.2) is 4.77 Å². The van der Waals surface area contributed by atoms with Gasteiger partial charge in [-0.25, -0.2) is 0 Å². The highest BCUT2D eigenvalue weighted by molar-refractivity contribution is 7.71. The molecule has 3 rings (SSSR count). The maximum atomic E-state index is 12.9. The van der Waals surface area contributed by atoms with Crippen LogP contribution in [0.1, 0.15) is 19.9 Å². The van der Waals surface area contributed by atoms with Gasteiger partial charge in [0.25, 0.3) is 5.56 Å². The maximum Gasteiger partial charge on any atom is 0.264 e. The summed E-state index contributed by atoms with van der Waals surface area (Å²) in [6.07, 6.45) is 0. The number of nitrogens with one attached hydrogen (secondary N) is 2. The average molecular weight is 343 g/mol. The van der Waals surface area contributed by atoms with Gasteiger partial charge >= 0.3 is 0 Å². The first-order valence-electron chi connectivity index (χ1n) is 7.48. The summed E-state index contributed by atoms with van der Waals surface area (Å²) < 4.78 is 6.94. The molecule has 0 saturated carbocycles. The minimum atomic E-state index is -0.305. The molecule has 0 spiro atoms. The van der Waals surface area contributed by atoms with E-state index >= 15 is 0 Å². The highest BCUT2D eigenvalue weighted by atomic mass is 32.1. The molecule has 0 saturated heterocycles. The fraction of sp³-hybridized carbons (Fsp3) is 0.235. The summed E-state index contributed by atoms with van der Waals surface area (Å²) >= 11 is 5.25. The Morgan fingerprint density at radius 1 is 1.12 bits per heavy atom. The summed E-state index contributed by atoms with van der Waals surface area (Å²) in [6.45, 7) is 3.77. The van der Waals surface area contributed by atoms with Crippen LogP contribution < -0.4 is 15.9 Å². The van der Waals surface area contributed by atoms with Gasteiger partial charge in [0.05, 0.1) is 12.5 Å². The number of benzene rings is 1. The van der Waals surface area contributed by atoms with Crippen molar-refractivity contribution >= 4 is 23.3 Å². The van der Waals surface area contributed by atoms with Gasteiger partial charge in [0, 0.05) is 17.7 Å². The topological polar surface area (TPSA) is 79.9 Å². The third-order valence-corrected chi connectivity index (χ3v) is 4.14. The van der Waals surface area contributed by atoms with Gasteiger partial charge < -0.3 is 14.7 Å². The molecule has 6 nitrogen and oxygen atoms in total. The predicted molar refractivity (Wildman–Crippen MR) is 96.4 cm³/mol. The highest BCUT2D eigenvalue weighted by Gasteiger charge is 2.14. The molecule has 0 aliphatic heterocycles. The van der Waals surface area contributed by atoms with E-state index < -0.39 is 0 Å². The number of hydrogen-bond acceptors (Lipinski definition) is 4. The molecule has 24 heavy (non-hydrogen) atoms. The van der Waals surface area contributed by atoms with Gasteiger partial charge in [-0.2, -0.15) is 0 Å². The van der Waals surface area contributed by atoms with Crippen molar-refractivity contribution in [2.24, 2.45) is 0 Å². The van der Waals surface area contributed by atoms with Gasteiger partial charge in [0.1, 0.15) is 11.4 Å². The largest absolute Gasteiger partial charge is 0.497 e. The zero-order valence-corrected chi connectivity index (χ0v) is 14.4. The first-order valence-corrected chi connectivity index (χ1v) is 7.89. The molecule has 0 radical (unpaired) electrons. The minimum Gasteiger partial charge on any atom is -0.497 e. The first-order chi connectivity index (χ1) is 11.4. The highest BCUT2D eigenvalue weighted by Crippen LogP contribution is 2.25. The van der Waals surface area contributed by atoms with Crippen molar-refractivity contribution in [3.8, 4) is 16.9 Å². The lowest BCUT2D eigenvalue weighted by Crippen LogP contribution is -2.26. The molecule has 124 valence electrons. The van der Waals surface area contributed by atoms with E-state index in [0.717, 1.165) is 5.56 Å². The van der Waals surface area contributed by atoms with Crippen molar-refractivity contribution in [1.29, 1.82) is 0 Å². The van der Waals surface area contributed by atoms with Crippen molar-refractivity contribution in [2.75, 3.05) is 7.11 Å². The number of nitrogens with zero attached hydrogens (tertiary/aromatic N) is 1. The molecule has 0 aliphatic rings. The van der Waals surface area contributed by atoms with E-state index in [0.29, 0.717) is 22.3 Å². The Balaban J connectivity index is 2.42. The van der Waals surface area contributed by atoms with Crippen LogP contribution in [-0.4, -0.2) is 21.6 Å². The molecule has 0 fully saturated rings. The molecule has 1 aromatic carbocycles. The van der Waals surface area contributed by atoms with Crippen LogP contribution in [0, 0.1) is 4.77 Å². The van der Waals surface area contributed by atoms with Crippen molar-refractivity contribution in [2.45, 2.75) is 19.9 Å². The summed E-state index contributed by atoms with van der Waals surface area (Å²) in [7, 11) is 1.58. The van der Waals surface area contributed by atoms with E-state index in [9.17, 15) is 9.59 Å². The molecular weight excluding hydrogens is 326 g/mol. The van der Waals surface area contributed by atoms with Crippen LogP contribution in [0.3, 0.4) is 0 Å². The normalized spacial score (nSPS) is 11.2. The van der Waals surface area contributed by atoms with Crippen LogP contribution in [0.15, 0.2) is 39.9 Å². The standard InChI is InChI=1S/C17H17N3O3S/c1-9(2)20-16(22)14-12(10-4-6-11(23-3)7-5-10)8-13(21)18-15(14)19-17(20)24/h4-9H,1-3H3,(H2,18,19,21,24). The third-order valence-electron chi connectivity index (χ3n) is 3.84. The Labute approximate surface area is 142 Å². The molecule has 0 aliphatic carbocycles. The Morgan fingerprint density at radius 2 is 1.79 bits per heavy atom. The lowest BCUT2D eigenvalue weighted by atomic mass is 10.0. The van der Waals surface area contributed by atoms with Crippen LogP contribution >= 0.6 is 12.2 Å². The molecule has 0 amide bonds. The van der Waals surface area contributed by atoms with Gasteiger partial charge in [-0.3, -0.25) is 14.2 Å². The number of H-pyrrole nitrogens is 2. The molecular formula is C17H17N3O3S. The molecule has 2 heterocycles. The van der Waals surface area contributed by atoms with Crippen LogP contribution in [0.4, 0.5) is 0 Å². The molecule has 0 bridgehead atoms. The second-order valence-electron chi connectivity index (χ2n) is 5.72. The monoisotopic (exact) mass is 343 g/mol. The summed E-state index contributed by atoms with van der Waals surface area (Å²) in [5.41, 5.74) is 1.11. The molecule has 2 N–H and O–H groups in total. The van der Waals surface area contributed by atoms with E-state index in [2.05, 4.69) is 9.97 Å². The van der Waals surface area contributed by atoms with Crippen molar-refractivity contribution < 1.29 is 4.74 Å². The quantitative estimate of drug-likeness (QED) is 0.717. The zero-order chi connectivity index (χ0) is 17.4. The number of aromatic nitrogens is 3. The van der Waals surface area contributed by atoms with Gasteiger partial charge in [0.2, 0.25) is 5.56 Å². The second kappa shape index (κ2) is 6.09. The van der Waals surface area contributed by atoms with Crippen molar-refractivity contribution in [1.82, 2.24) is 14.5 Å². The molecule has 3 aromatic rings. The van der Waals surface area contributed by atoms with Crippen LogP contribution in [0.25, 0.3) is 22.2 Å². The number of rotatable bonds is 3. The lowest BCUT2D eigenvalue weighted by molar-refractivity contribution is 0.415. The Bertz CT molecular complexity index is 1080. The van der Waals surface area contributed by atoms with Crippen LogP contribution in [0.5, 0.6) is 5.75 Å². The molecule has 0 atom stereocenters. The SMILES string of the molecule is COc1ccc(-c2cc(=O)[nH]c3[nH]c(=S)n(C(C)C)c(=O)c23)cc1. The Hall–Kier alpha value is -2.67. The third kappa shape index (κ3) is 2.67. The van der Waals surface area contributed by atoms with Crippen molar-refractivity contribution in [3.05, 3.63) is 55.8 Å². The van der Waals surface area contributed by atoms with E-state index in [1.165, 1.54) is 10.6 Å². The summed E-state index contributed by atoms with van der Waals surface area (Å²) in [4.78, 5) is 30.6. The second-order valence-corrected chi connectivity index (χ2v) is 6.11. The average Bonchev–Trinajstić information content (AvgIpc) is 2.53. The van der Waals surface area contributed by atoms with Crippen LogP contribution in [0.2, 0.25) is 0 Å². The number of hydrogen-bond donors (Lipinski definition) is 2. The molecule has 2 aromatic heterocycles. The van der Waals surface area contributed by atoms with E-state index in [-0.39, 0.29) is 21.9 Å². The van der Waals surface area contributed by atoms with Crippen molar-refractivity contribution in [3.63, 3.8) is 0 Å². The molecule has 0 unspecified atom stereocenters. The lowest BCUT2D eigenvalue weighted by Gasteiger charge is -2.13. The zero-order valence-electron chi connectivity index (χ0n) is 13.5. The number of methoxy groups -OCH3 is 1. The van der Waals surface area contributed by atoms with E-state index in [4.69, 9.17) is 17.0 Å². The first kappa shape index (κ1) is 16.2. The smallest absolute Gasteiger partial charge is 0.264 e. The van der Waals surface area contributed by atoms with Crippen LogP contribution in [-0.2, 0) is 0 Å². The molecule has 7 heteroatoms. The fourth-order valence-electron chi connectivity index (χ4n) is 2.72. The number of aromatic amines is 2. The van der Waals surface area contributed by atoms with E-state index in [1.807, 2.05) is 26.0 Å². The van der Waals surface area contributed by atoms with Gasteiger partial charge in [-0.1, -0.05) is 12.1 Å². The Morgan fingerprint density at radius 3 is 2.38 bits per heavy atom. The summed E-state index contributed by atoms with van der Waals surface area (Å²) in [6, 6.07) is 8.53. The predicted octanol–water partition coefficient (Wildman–Crippen LogP) is 3.00. The van der Waals surface area contributed by atoms with E-state index in [1.54, 1.807) is 19.2 Å². The maximum absolute atomic E-state index is 12.9. The Kier molecular flexibility index (Phi) is 4.11. The fourth-order valence-corrected chi connectivity index (χ4v) is 3.12. The number of pyridine rings is 1. The summed E-state index contributed by atoms with van der Waals surface area (Å²) in [5, 5.41) is 0.405. The minimum absolute atomic E-state index is 0.0960. The number of ether oxygens (including phenoxy) is 1. The van der Waals surface area contributed by atoms with Gasteiger partial charge in [-0.15, -0.1) is 0 Å². The van der Waals surface area contributed by atoms with Gasteiger partial charge in [-0.05, 0) is 43.8 Å².